The summed E-state index contributed by atoms with van der Waals surface area (Å²) in [6.45, 7) is 3.05. The van der Waals surface area contributed by atoms with Gasteiger partial charge in [-0.2, -0.15) is 0 Å². The van der Waals surface area contributed by atoms with Gasteiger partial charge in [0.25, 0.3) is 0 Å². The molecule has 46 valence electrons. The maximum Gasteiger partial charge on any atom is 0.0896 e. The van der Waals surface area contributed by atoms with Gasteiger partial charge in [0.05, 0.1) is 4.99 Å². The number of piperazine rings is 1. The van der Waals surface area contributed by atoms with Crippen LogP contribution in [0.1, 0.15) is 0 Å². The number of nitrogens with one attached hydrogen (secondary N) is 1. The van der Waals surface area contributed by atoms with Gasteiger partial charge >= 0.3 is 0 Å². The third-order valence-electron chi connectivity index (χ3n) is 1.23. The lowest BCUT2D eigenvalue weighted by atomic mass is 10.4. The fourth-order valence-electron chi connectivity index (χ4n) is 0.766. The molecule has 0 bridgehead atoms. The summed E-state index contributed by atoms with van der Waals surface area (Å²) in [4.78, 5) is 3.18. The number of thiocarbonyl (C=S) groups is 1. The van der Waals surface area contributed by atoms with E-state index in [0.29, 0.717) is 0 Å². The Morgan fingerprint density at radius 3 is 2.88 bits per heavy atom. The molecule has 0 atom stereocenters. The van der Waals surface area contributed by atoms with Crippen molar-refractivity contribution in [1.29, 1.82) is 0 Å². The summed E-state index contributed by atoms with van der Waals surface area (Å²) in [6.07, 6.45) is 0. The Labute approximate surface area is 54.9 Å². The Morgan fingerprint density at radius 2 is 2.50 bits per heavy atom. The maximum atomic E-state index is 4.93. The average molecular weight is 130 g/mol. The van der Waals surface area contributed by atoms with Gasteiger partial charge < -0.3 is 5.32 Å². The summed E-state index contributed by atoms with van der Waals surface area (Å²) < 4.78 is 0. The van der Waals surface area contributed by atoms with Gasteiger partial charge in [0.2, 0.25) is 0 Å². The maximum absolute atomic E-state index is 4.93. The lowest BCUT2D eigenvalue weighted by Crippen LogP contribution is -2.44. The van der Waals surface area contributed by atoms with Crippen LogP contribution in [0.3, 0.4) is 0 Å². The first kappa shape index (κ1) is 5.98. The molecule has 1 heterocycles. The van der Waals surface area contributed by atoms with Gasteiger partial charge in [-0.3, -0.25) is 4.90 Å². The van der Waals surface area contributed by atoms with Crippen LogP contribution in [0.25, 0.3) is 0 Å². The second-order valence-electron chi connectivity index (χ2n) is 2.09. The molecule has 0 unspecified atom stereocenters. The summed E-state index contributed by atoms with van der Waals surface area (Å²) >= 11 is 4.93. The van der Waals surface area contributed by atoms with Gasteiger partial charge in [0.15, 0.2) is 0 Å². The largest absolute Gasteiger partial charge is 0.377 e. The predicted molar refractivity (Wildman–Crippen MR) is 38.1 cm³/mol. The summed E-state index contributed by atoms with van der Waals surface area (Å²) in [5.74, 6) is 0. The van der Waals surface area contributed by atoms with Gasteiger partial charge in [-0.15, -0.1) is 0 Å². The van der Waals surface area contributed by atoms with E-state index < -0.39 is 0 Å². The highest BCUT2D eigenvalue weighted by atomic mass is 32.1. The molecule has 0 spiro atoms. The van der Waals surface area contributed by atoms with Crippen molar-refractivity contribution in [2.24, 2.45) is 0 Å². The molecule has 0 aromatic carbocycles. The quantitative estimate of drug-likeness (QED) is 0.459. The SMILES string of the molecule is CN1CCNC(=S)C1. The lowest BCUT2D eigenvalue weighted by molar-refractivity contribution is 0.363. The van der Waals surface area contributed by atoms with Crippen molar-refractivity contribution in [1.82, 2.24) is 10.2 Å². The number of nitrogens with zero attached hydrogens (tertiary/aromatic N) is 1. The van der Waals surface area contributed by atoms with Crippen molar-refractivity contribution in [3.63, 3.8) is 0 Å². The van der Waals surface area contributed by atoms with E-state index in [1.54, 1.807) is 0 Å². The molecule has 0 aliphatic carbocycles. The first-order valence-corrected chi connectivity index (χ1v) is 3.15. The van der Waals surface area contributed by atoms with Gasteiger partial charge in [0, 0.05) is 19.6 Å². The lowest BCUT2D eigenvalue weighted by Gasteiger charge is -2.23. The Hall–Kier alpha value is -0.150. The van der Waals surface area contributed by atoms with Crippen LogP contribution in [0.15, 0.2) is 0 Å². The minimum atomic E-state index is 0.926. The zero-order valence-electron chi connectivity index (χ0n) is 4.98. The summed E-state index contributed by atoms with van der Waals surface area (Å²) in [5.41, 5.74) is 0. The molecule has 1 rings (SSSR count). The van der Waals surface area contributed by atoms with Crippen LogP contribution >= 0.6 is 12.2 Å². The van der Waals surface area contributed by atoms with Crippen LogP contribution in [0.4, 0.5) is 0 Å². The number of rotatable bonds is 0. The second kappa shape index (κ2) is 2.42. The van der Waals surface area contributed by atoms with Crippen molar-refractivity contribution in [2.75, 3.05) is 26.7 Å². The van der Waals surface area contributed by atoms with Crippen LogP contribution in [0.5, 0.6) is 0 Å². The van der Waals surface area contributed by atoms with Gasteiger partial charge in [-0.25, -0.2) is 0 Å². The monoisotopic (exact) mass is 130 g/mol. The van der Waals surface area contributed by atoms with Crippen molar-refractivity contribution < 1.29 is 0 Å². The van der Waals surface area contributed by atoms with Crippen molar-refractivity contribution in [2.45, 2.75) is 0 Å². The van der Waals surface area contributed by atoms with Crippen LogP contribution in [0, 0.1) is 0 Å². The van der Waals surface area contributed by atoms with Crippen LogP contribution in [0.2, 0.25) is 0 Å². The van der Waals surface area contributed by atoms with Gasteiger partial charge in [-0.1, -0.05) is 12.2 Å². The third-order valence-corrected chi connectivity index (χ3v) is 1.50. The molecule has 1 saturated heterocycles. The normalized spacial score (nSPS) is 22.9. The Morgan fingerprint density at radius 1 is 1.75 bits per heavy atom. The van der Waals surface area contributed by atoms with E-state index in [2.05, 4.69) is 17.3 Å². The van der Waals surface area contributed by atoms with Crippen LogP contribution in [-0.4, -0.2) is 36.6 Å². The molecule has 2 nitrogen and oxygen atoms in total. The minimum Gasteiger partial charge on any atom is -0.377 e. The molecule has 0 radical (unpaired) electrons. The first-order valence-electron chi connectivity index (χ1n) is 2.74. The van der Waals surface area contributed by atoms with Crippen molar-refractivity contribution >= 4 is 17.2 Å². The van der Waals surface area contributed by atoms with E-state index in [9.17, 15) is 0 Å². The molecule has 0 aromatic heterocycles. The topological polar surface area (TPSA) is 15.3 Å². The molecule has 1 fully saturated rings. The second-order valence-corrected chi connectivity index (χ2v) is 2.58. The summed E-state index contributed by atoms with van der Waals surface area (Å²) in [5, 5.41) is 3.10. The third kappa shape index (κ3) is 1.42. The highest BCUT2D eigenvalue weighted by Gasteiger charge is 2.06. The van der Waals surface area contributed by atoms with E-state index in [0.717, 1.165) is 24.6 Å². The highest BCUT2D eigenvalue weighted by molar-refractivity contribution is 7.80. The summed E-state index contributed by atoms with van der Waals surface area (Å²) in [7, 11) is 2.08. The number of hydrogen-bond acceptors (Lipinski definition) is 2. The van der Waals surface area contributed by atoms with Crippen LogP contribution < -0.4 is 5.32 Å². The molecule has 0 aromatic rings. The Bertz CT molecular complexity index is 103. The van der Waals surface area contributed by atoms with E-state index in [-0.39, 0.29) is 0 Å². The molecule has 1 aliphatic rings. The van der Waals surface area contributed by atoms with E-state index in [4.69, 9.17) is 12.2 Å². The van der Waals surface area contributed by atoms with Gasteiger partial charge in [-0.05, 0) is 7.05 Å². The van der Waals surface area contributed by atoms with Gasteiger partial charge in [0.1, 0.15) is 0 Å². The smallest absolute Gasteiger partial charge is 0.0896 e. The number of hydrogen-bond donors (Lipinski definition) is 1. The molecule has 0 amide bonds. The highest BCUT2D eigenvalue weighted by Crippen LogP contribution is 1.87. The molecular formula is C5H10N2S. The summed E-state index contributed by atoms with van der Waals surface area (Å²) in [6, 6.07) is 0. The molecule has 0 saturated carbocycles. The molecular weight excluding hydrogens is 120 g/mol. The zero-order valence-corrected chi connectivity index (χ0v) is 5.79. The fourth-order valence-corrected chi connectivity index (χ4v) is 1.09. The Balaban J connectivity index is 2.34. The fraction of sp³-hybridized carbons (Fsp3) is 0.800. The molecule has 1 aliphatic heterocycles. The number of likely N-dealkylation sites (N-methyl/N-ethyl adjacent to an activating group) is 1. The predicted octanol–water partition coefficient (Wildman–Crippen LogP) is -0.151. The van der Waals surface area contributed by atoms with E-state index in [1.807, 2.05) is 0 Å². The molecule has 3 heteroatoms. The Kier molecular flexibility index (Phi) is 1.81. The zero-order chi connectivity index (χ0) is 5.98. The average Bonchev–Trinajstić information content (AvgIpc) is 1.64. The standard InChI is InChI=1S/C5H10N2S/c1-7-3-2-6-5(8)4-7/h2-4H2,1H3,(H,6,8). The van der Waals surface area contributed by atoms with Crippen LogP contribution in [-0.2, 0) is 0 Å². The first-order chi connectivity index (χ1) is 3.79. The minimum absolute atomic E-state index is 0.926. The van der Waals surface area contributed by atoms with Crippen molar-refractivity contribution in [3.8, 4) is 0 Å². The molecule has 8 heavy (non-hydrogen) atoms. The molecule has 1 N–H and O–H groups in total. The van der Waals surface area contributed by atoms with Crippen molar-refractivity contribution in [3.05, 3.63) is 0 Å². The van der Waals surface area contributed by atoms with E-state index in [1.165, 1.54) is 0 Å². The van der Waals surface area contributed by atoms with E-state index >= 15 is 0 Å².